The topological polar surface area (TPSA) is 64.3 Å². The highest BCUT2D eigenvalue weighted by molar-refractivity contribution is 5.81. The Morgan fingerprint density at radius 3 is 2.76 bits per heavy atom. The van der Waals surface area contributed by atoms with Gasteiger partial charge in [-0.05, 0) is 18.8 Å². The third-order valence-corrected chi connectivity index (χ3v) is 3.55. The number of nitrogens with two attached hydrogens (primary N) is 1. The van der Waals surface area contributed by atoms with Crippen LogP contribution in [0.5, 0.6) is 0 Å². The van der Waals surface area contributed by atoms with Crippen molar-refractivity contribution in [2.24, 2.45) is 11.7 Å². The zero-order chi connectivity index (χ0) is 12.5. The Hall–Kier alpha value is -0.610. The van der Waals surface area contributed by atoms with Crippen molar-refractivity contribution >= 4 is 5.91 Å². The highest BCUT2D eigenvalue weighted by atomic mass is 16.5. The van der Waals surface area contributed by atoms with Crippen molar-refractivity contribution in [3.05, 3.63) is 0 Å². The van der Waals surface area contributed by atoms with Crippen LogP contribution in [0.1, 0.15) is 44.9 Å². The molecule has 0 bridgehead atoms. The summed E-state index contributed by atoms with van der Waals surface area (Å²) in [4.78, 5) is 11.6. The zero-order valence-corrected chi connectivity index (χ0v) is 10.9. The maximum absolute atomic E-state index is 11.6. The van der Waals surface area contributed by atoms with Crippen molar-refractivity contribution in [3.8, 4) is 0 Å². The van der Waals surface area contributed by atoms with Gasteiger partial charge >= 0.3 is 0 Å². The Labute approximate surface area is 104 Å². The second kappa shape index (κ2) is 8.48. The number of amides is 1. The lowest BCUT2D eigenvalue weighted by Gasteiger charge is -2.21. The van der Waals surface area contributed by atoms with Crippen LogP contribution >= 0.6 is 0 Å². The second-order valence-corrected chi connectivity index (χ2v) is 4.97. The van der Waals surface area contributed by atoms with E-state index < -0.39 is 6.04 Å². The molecular formula is C13H26N2O2. The van der Waals surface area contributed by atoms with Crippen LogP contribution in [0.4, 0.5) is 0 Å². The van der Waals surface area contributed by atoms with E-state index in [-0.39, 0.29) is 5.91 Å². The predicted octanol–water partition coefficient (Wildman–Crippen LogP) is 1.44. The fraction of sp³-hybridized carbons (Fsp3) is 0.923. The first-order valence-electron chi connectivity index (χ1n) is 6.76. The summed E-state index contributed by atoms with van der Waals surface area (Å²) in [6.45, 7) is 1.31. The third kappa shape index (κ3) is 6.03. The number of hydrogen-bond donors (Lipinski definition) is 2. The van der Waals surface area contributed by atoms with Crippen LogP contribution in [0.3, 0.4) is 0 Å². The quantitative estimate of drug-likeness (QED) is 0.710. The van der Waals surface area contributed by atoms with Gasteiger partial charge in [0.15, 0.2) is 0 Å². The molecule has 1 unspecified atom stereocenters. The van der Waals surface area contributed by atoms with E-state index in [9.17, 15) is 4.79 Å². The Kier molecular flexibility index (Phi) is 7.21. The van der Waals surface area contributed by atoms with Crippen LogP contribution in [0.15, 0.2) is 0 Å². The Morgan fingerprint density at radius 1 is 1.41 bits per heavy atom. The summed E-state index contributed by atoms with van der Waals surface area (Å²) in [6.07, 6.45) is 8.42. The van der Waals surface area contributed by atoms with E-state index in [1.807, 2.05) is 0 Å². The highest BCUT2D eigenvalue weighted by Crippen LogP contribution is 2.25. The van der Waals surface area contributed by atoms with E-state index in [2.05, 4.69) is 5.32 Å². The van der Waals surface area contributed by atoms with Crippen LogP contribution in [-0.4, -0.2) is 32.2 Å². The third-order valence-electron chi connectivity index (χ3n) is 3.55. The van der Waals surface area contributed by atoms with Gasteiger partial charge in [0.1, 0.15) is 0 Å². The van der Waals surface area contributed by atoms with Crippen molar-refractivity contribution in [2.75, 3.05) is 20.3 Å². The smallest absolute Gasteiger partial charge is 0.237 e. The number of nitrogens with one attached hydrogen (secondary N) is 1. The first kappa shape index (κ1) is 14.5. The highest BCUT2D eigenvalue weighted by Gasteiger charge is 2.15. The summed E-state index contributed by atoms with van der Waals surface area (Å²) in [5.74, 6) is 0.761. The minimum atomic E-state index is -0.429. The average molecular weight is 242 g/mol. The van der Waals surface area contributed by atoms with Gasteiger partial charge in [-0.3, -0.25) is 4.79 Å². The first-order chi connectivity index (χ1) is 8.24. The normalized spacial score (nSPS) is 18.9. The summed E-state index contributed by atoms with van der Waals surface area (Å²) in [5, 5.41) is 2.92. The summed E-state index contributed by atoms with van der Waals surface area (Å²) < 4.78 is 4.90. The predicted molar refractivity (Wildman–Crippen MR) is 68.7 cm³/mol. The molecule has 1 aliphatic carbocycles. The Morgan fingerprint density at radius 2 is 2.12 bits per heavy atom. The van der Waals surface area contributed by atoms with Crippen LogP contribution in [0.25, 0.3) is 0 Å². The molecule has 4 nitrogen and oxygen atoms in total. The molecule has 100 valence electrons. The fourth-order valence-corrected chi connectivity index (χ4v) is 2.38. The van der Waals surface area contributed by atoms with E-state index >= 15 is 0 Å². The molecule has 0 aromatic rings. The van der Waals surface area contributed by atoms with Crippen LogP contribution in [0.2, 0.25) is 0 Å². The van der Waals surface area contributed by atoms with Gasteiger partial charge in [-0.15, -0.1) is 0 Å². The molecular weight excluding hydrogens is 216 g/mol. The number of carbonyl (C=O) groups is 1. The largest absolute Gasteiger partial charge is 0.385 e. The van der Waals surface area contributed by atoms with Crippen LogP contribution < -0.4 is 11.1 Å². The molecule has 1 amide bonds. The molecule has 1 atom stereocenters. The molecule has 0 heterocycles. The van der Waals surface area contributed by atoms with Crippen molar-refractivity contribution < 1.29 is 9.53 Å². The zero-order valence-electron chi connectivity index (χ0n) is 10.9. The molecule has 1 aliphatic rings. The van der Waals surface area contributed by atoms with Gasteiger partial charge in [-0.25, -0.2) is 0 Å². The standard InChI is InChI=1S/C13H26N2O2/c1-17-10-8-12(14)13(16)15-9-7-11-5-3-2-4-6-11/h11-12H,2-10,14H2,1H3,(H,15,16). The lowest BCUT2D eigenvalue weighted by atomic mass is 9.87. The maximum atomic E-state index is 11.6. The molecule has 1 fully saturated rings. The molecule has 0 saturated heterocycles. The van der Waals surface area contributed by atoms with E-state index in [1.165, 1.54) is 32.1 Å². The van der Waals surface area contributed by atoms with Gasteiger partial charge in [0.2, 0.25) is 5.91 Å². The van der Waals surface area contributed by atoms with Gasteiger partial charge in [0.05, 0.1) is 6.04 Å². The molecule has 3 N–H and O–H groups in total. The summed E-state index contributed by atoms with van der Waals surface area (Å²) in [6, 6.07) is -0.429. The van der Waals surface area contributed by atoms with Crippen LogP contribution in [-0.2, 0) is 9.53 Å². The number of rotatable bonds is 7. The van der Waals surface area contributed by atoms with Crippen LogP contribution in [0, 0.1) is 5.92 Å². The van der Waals surface area contributed by atoms with E-state index in [4.69, 9.17) is 10.5 Å². The molecule has 0 aromatic heterocycles. The van der Waals surface area contributed by atoms with E-state index in [0.717, 1.165) is 18.9 Å². The van der Waals surface area contributed by atoms with Gasteiger partial charge in [-0.1, -0.05) is 32.1 Å². The number of carbonyl (C=O) groups excluding carboxylic acids is 1. The minimum absolute atomic E-state index is 0.0436. The first-order valence-corrected chi connectivity index (χ1v) is 6.76. The van der Waals surface area contributed by atoms with E-state index in [1.54, 1.807) is 7.11 Å². The molecule has 17 heavy (non-hydrogen) atoms. The number of methoxy groups -OCH3 is 1. The van der Waals surface area contributed by atoms with E-state index in [0.29, 0.717) is 13.0 Å². The van der Waals surface area contributed by atoms with Gasteiger partial charge in [0.25, 0.3) is 0 Å². The van der Waals surface area contributed by atoms with Crippen molar-refractivity contribution in [2.45, 2.75) is 51.0 Å². The maximum Gasteiger partial charge on any atom is 0.237 e. The molecule has 0 aromatic carbocycles. The fourth-order valence-electron chi connectivity index (χ4n) is 2.38. The van der Waals surface area contributed by atoms with Gasteiger partial charge < -0.3 is 15.8 Å². The lowest BCUT2D eigenvalue weighted by Crippen LogP contribution is -2.41. The Balaban J connectivity index is 2.06. The molecule has 0 aliphatic heterocycles. The molecule has 4 heteroatoms. The summed E-state index contributed by atoms with van der Waals surface area (Å²) in [5.41, 5.74) is 5.73. The summed E-state index contributed by atoms with van der Waals surface area (Å²) in [7, 11) is 1.62. The Bertz CT molecular complexity index is 215. The van der Waals surface area contributed by atoms with Crippen molar-refractivity contribution in [1.29, 1.82) is 0 Å². The number of hydrogen-bond acceptors (Lipinski definition) is 3. The van der Waals surface area contributed by atoms with Crippen molar-refractivity contribution in [3.63, 3.8) is 0 Å². The van der Waals surface area contributed by atoms with Gasteiger partial charge in [-0.2, -0.15) is 0 Å². The molecule has 0 spiro atoms. The molecule has 1 saturated carbocycles. The monoisotopic (exact) mass is 242 g/mol. The second-order valence-electron chi connectivity index (χ2n) is 4.97. The summed E-state index contributed by atoms with van der Waals surface area (Å²) >= 11 is 0. The molecule has 1 rings (SSSR count). The van der Waals surface area contributed by atoms with Crippen molar-refractivity contribution in [1.82, 2.24) is 5.32 Å². The molecule has 0 radical (unpaired) electrons. The average Bonchev–Trinajstić information content (AvgIpc) is 2.37. The lowest BCUT2D eigenvalue weighted by molar-refractivity contribution is -0.122. The van der Waals surface area contributed by atoms with Gasteiger partial charge in [0, 0.05) is 20.3 Å². The number of ether oxygens (including phenoxy) is 1. The minimum Gasteiger partial charge on any atom is -0.385 e. The SMILES string of the molecule is COCCC(N)C(=O)NCCC1CCCCC1.